The van der Waals surface area contributed by atoms with Crippen molar-refractivity contribution in [1.82, 2.24) is 18.4 Å². The van der Waals surface area contributed by atoms with Crippen LogP contribution in [-0.2, 0) is 17.9 Å². The molecule has 37 heavy (non-hydrogen) atoms. The van der Waals surface area contributed by atoms with E-state index in [1.807, 2.05) is 30.3 Å². The molecule has 11 heteroatoms. The highest BCUT2D eigenvalue weighted by molar-refractivity contribution is 14.1. The van der Waals surface area contributed by atoms with Gasteiger partial charge in [-0.1, -0.05) is 18.7 Å². The summed E-state index contributed by atoms with van der Waals surface area (Å²) in [5.74, 6) is 0.671. The molecule has 0 saturated carbocycles. The summed E-state index contributed by atoms with van der Waals surface area (Å²) in [6.07, 6.45) is 2.95. The predicted octanol–water partition coefficient (Wildman–Crippen LogP) is 4.05. The highest BCUT2D eigenvalue weighted by atomic mass is 127. The first kappa shape index (κ1) is 25.0. The SMILES string of the molecule is C=CC(=O)Nc1cccc(CN2C(=O)NCc3cnc(Nc4ccc(N5CCN(I)CC5)cc4)nc32)c1. The molecule has 3 N–H and O–H groups in total. The molecule has 3 heterocycles. The minimum Gasteiger partial charge on any atom is -0.369 e. The lowest BCUT2D eigenvalue weighted by Gasteiger charge is -2.33. The van der Waals surface area contributed by atoms with Crippen molar-refractivity contribution in [3.8, 4) is 0 Å². The fraction of sp³-hybridized carbons (Fsp3) is 0.231. The van der Waals surface area contributed by atoms with Gasteiger partial charge in [0, 0.05) is 84.4 Å². The molecule has 1 fully saturated rings. The van der Waals surface area contributed by atoms with Crippen LogP contribution in [0.2, 0.25) is 0 Å². The van der Waals surface area contributed by atoms with E-state index in [4.69, 9.17) is 0 Å². The molecule has 2 aliphatic heterocycles. The van der Waals surface area contributed by atoms with Crippen molar-refractivity contribution in [2.75, 3.05) is 46.6 Å². The van der Waals surface area contributed by atoms with Gasteiger partial charge in [-0.3, -0.25) is 9.69 Å². The van der Waals surface area contributed by atoms with Crippen LogP contribution >= 0.6 is 22.9 Å². The smallest absolute Gasteiger partial charge is 0.323 e. The number of anilines is 5. The number of fused-ring (bicyclic) bond motifs is 1. The molecule has 2 aliphatic rings. The van der Waals surface area contributed by atoms with Gasteiger partial charge >= 0.3 is 6.03 Å². The number of hydrogen-bond acceptors (Lipinski definition) is 7. The molecule has 0 bridgehead atoms. The molecule has 1 saturated heterocycles. The molecule has 0 aliphatic carbocycles. The highest BCUT2D eigenvalue weighted by Crippen LogP contribution is 2.27. The zero-order valence-electron chi connectivity index (χ0n) is 20.2. The molecule has 5 rings (SSSR count). The molecule has 3 amide bonds. The average Bonchev–Trinajstić information content (AvgIpc) is 2.91. The second-order valence-electron chi connectivity index (χ2n) is 8.75. The zero-order chi connectivity index (χ0) is 25.8. The van der Waals surface area contributed by atoms with Crippen molar-refractivity contribution < 1.29 is 9.59 Å². The summed E-state index contributed by atoms with van der Waals surface area (Å²) >= 11 is 2.37. The van der Waals surface area contributed by atoms with Crippen LogP contribution in [-0.4, -0.2) is 51.2 Å². The minimum absolute atomic E-state index is 0.242. The lowest BCUT2D eigenvalue weighted by Crippen LogP contribution is -2.44. The number of halogens is 1. The van der Waals surface area contributed by atoms with Gasteiger partial charge < -0.3 is 20.9 Å². The quantitative estimate of drug-likeness (QED) is 0.211. The van der Waals surface area contributed by atoms with Crippen molar-refractivity contribution >= 4 is 63.6 Å². The Morgan fingerprint density at radius 1 is 1.11 bits per heavy atom. The van der Waals surface area contributed by atoms with Gasteiger partial charge in [0.2, 0.25) is 11.9 Å². The summed E-state index contributed by atoms with van der Waals surface area (Å²) < 4.78 is 2.30. The van der Waals surface area contributed by atoms with Crippen LogP contribution in [0.1, 0.15) is 11.1 Å². The van der Waals surface area contributed by atoms with Gasteiger partial charge in [-0.25, -0.2) is 12.9 Å². The van der Waals surface area contributed by atoms with Crippen LogP contribution in [0.15, 0.2) is 67.4 Å². The minimum atomic E-state index is -0.294. The average molecular weight is 610 g/mol. The number of hydrogen-bond donors (Lipinski definition) is 3. The molecule has 0 unspecified atom stereocenters. The van der Waals surface area contributed by atoms with E-state index < -0.39 is 0 Å². The third kappa shape index (κ3) is 6.00. The van der Waals surface area contributed by atoms with Crippen molar-refractivity contribution in [2.24, 2.45) is 0 Å². The van der Waals surface area contributed by atoms with Crippen LogP contribution in [0.4, 0.5) is 33.6 Å². The van der Waals surface area contributed by atoms with Crippen molar-refractivity contribution in [3.05, 3.63) is 78.5 Å². The van der Waals surface area contributed by atoms with E-state index in [1.54, 1.807) is 17.2 Å². The van der Waals surface area contributed by atoms with Gasteiger partial charge in [-0.05, 0) is 48.0 Å². The molecule has 0 spiro atoms. The number of rotatable bonds is 7. The first-order valence-electron chi connectivity index (χ1n) is 11.9. The number of carbonyl (C=O) groups is 2. The molecule has 0 atom stereocenters. The Morgan fingerprint density at radius 3 is 2.65 bits per heavy atom. The van der Waals surface area contributed by atoms with E-state index in [-0.39, 0.29) is 18.5 Å². The molecule has 3 aromatic rings. The maximum Gasteiger partial charge on any atom is 0.323 e. The zero-order valence-corrected chi connectivity index (χ0v) is 22.3. The standard InChI is InChI=1S/C26H27IN8O2/c1-2-23(36)30-21-5-3-4-18(14-21)17-35-24-19(16-29-26(35)37)15-28-25(32-24)31-20-6-8-22(9-7-20)33-10-12-34(27)13-11-33/h2-9,14-15H,1,10-13,16-17H2,(H,29,37)(H,30,36)(H,28,31,32). The number of aromatic nitrogens is 2. The van der Waals surface area contributed by atoms with Gasteiger partial charge in [-0.15, -0.1) is 0 Å². The topological polar surface area (TPSA) is 106 Å². The molecule has 10 nitrogen and oxygen atoms in total. The first-order valence-corrected chi connectivity index (χ1v) is 12.9. The Hall–Kier alpha value is -3.71. The van der Waals surface area contributed by atoms with Crippen molar-refractivity contribution in [1.29, 1.82) is 0 Å². The molecule has 190 valence electrons. The Morgan fingerprint density at radius 2 is 1.89 bits per heavy atom. The maximum atomic E-state index is 12.8. The van der Waals surface area contributed by atoms with Gasteiger partial charge in [0.1, 0.15) is 5.82 Å². The summed E-state index contributed by atoms with van der Waals surface area (Å²) in [6, 6.07) is 15.3. The van der Waals surface area contributed by atoms with Crippen LogP contribution < -0.4 is 25.8 Å². The number of carbonyl (C=O) groups excluding carboxylic acids is 2. The Labute approximate surface area is 229 Å². The molecule has 1 aromatic heterocycles. The summed E-state index contributed by atoms with van der Waals surface area (Å²) in [5, 5.41) is 8.88. The number of nitrogens with zero attached hydrogens (tertiary/aromatic N) is 5. The van der Waals surface area contributed by atoms with Gasteiger partial charge in [0.15, 0.2) is 0 Å². The summed E-state index contributed by atoms with van der Waals surface area (Å²) in [6.45, 7) is 8.22. The number of urea groups is 1. The van der Waals surface area contributed by atoms with Crippen LogP contribution in [0.5, 0.6) is 0 Å². The van der Waals surface area contributed by atoms with Crippen molar-refractivity contribution in [3.63, 3.8) is 0 Å². The second kappa shape index (κ2) is 11.1. The third-order valence-electron chi connectivity index (χ3n) is 6.21. The monoisotopic (exact) mass is 610 g/mol. The highest BCUT2D eigenvalue weighted by Gasteiger charge is 2.26. The van der Waals surface area contributed by atoms with E-state index in [2.05, 4.69) is 75.5 Å². The number of nitrogens with one attached hydrogen (secondary N) is 3. The summed E-state index contributed by atoms with van der Waals surface area (Å²) in [5.41, 5.74) is 4.36. The third-order valence-corrected chi connectivity index (χ3v) is 7.17. The van der Waals surface area contributed by atoms with E-state index in [9.17, 15) is 9.59 Å². The van der Waals surface area contributed by atoms with E-state index in [0.29, 0.717) is 24.0 Å². The van der Waals surface area contributed by atoms with Gasteiger partial charge in [0.05, 0.1) is 6.54 Å². The van der Waals surface area contributed by atoms with Crippen LogP contribution in [0.25, 0.3) is 0 Å². The number of amides is 3. The predicted molar refractivity (Wildman–Crippen MR) is 153 cm³/mol. The van der Waals surface area contributed by atoms with Gasteiger partial charge in [-0.2, -0.15) is 4.98 Å². The van der Waals surface area contributed by atoms with E-state index >= 15 is 0 Å². The fourth-order valence-corrected chi connectivity index (χ4v) is 4.71. The number of piperazine rings is 1. The fourth-order valence-electron chi connectivity index (χ4n) is 4.27. The molecule has 0 radical (unpaired) electrons. The largest absolute Gasteiger partial charge is 0.369 e. The van der Waals surface area contributed by atoms with E-state index in [1.165, 1.54) is 11.8 Å². The first-order chi connectivity index (χ1) is 18.0. The van der Waals surface area contributed by atoms with Crippen LogP contribution in [0.3, 0.4) is 0 Å². The Bertz CT molecular complexity index is 1310. The lowest BCUT2D eigenvalue weighted by molar-refractivity contribution is -0.111. The number of benzene rings is 2. The summed E-state index contributed by atoms with van der Waals surface area (Å²) in [7, 11) is 0. The lowest BCUT2D eigenvalue weighted by atomic mass is 10.1. The maximum absolute atomic E-state index is 12.8. The second-order valence-corrected chi connectivity index (χ2v) is 10.1. The van der Waals surface area contributed by atoms with E-state index in [0.717, 1.165) is 43.0 Å². The molecular formula is C26H27IN8O2. The summed E-state index contributed by atoms with van der Waals surface area (Å²) in [4.78, 5) is 37.6. The molecule has 2 aromatic carbocycles. The Balaban J connectivity index is 1.32. The van der Waals surface area contributed by atoms with Gasteiger partial charge in [0.25, 0.3) is 0 Å². The molecular weight excluding hydrogens is 583 g/mol. The normalized spacial score (nSPS) is 15.5. The van der Waals surface area contributed by atoms with Crippen molar-refractivity contribution in [2.45, 2.75) is 13.1 Å². The Kier molecular flexibility index (Phi) is 7.51. The van der Waals surface area contributed by atoms with Crippen LogP contribution in [0, 0.1) is 0 Å².